The van der Waals surface area contributed by atoms with Gasteiger partial charge in [-0.25, -0.2) is 0 Å². The molecule has 0 bridgehead atoms. The van der Waals surface area contributed by atoms with Crippen molar-refractivity contribution < 1.29 is 19.5 Å². The fraction of sp³-hybridized carbons (Fsp3) is 0.438. The number of thioether (sulfide) groups is 1. The molecule has 24 heavy (non-hydrogen) atoms. The van der Waals surface area contributed by atoms with Gasteiger partial charge in [0.15, 0.2) is 0 Å². The molecule has 0 saturated carbocycles. The Morgan fingerprint density at radius 3 is 2.54 bits per heavy atom. The maximum absolute atomic E-state index is 12.3. The fourth-order valence-corrected chi connectivity index (χ4v) is 4.80. The lowest BCUT2D eigenvalue weighted by molar-refractivity contribution is -0.312. The average Bonchev–Trinajstić information content (AvgIpc) is 2.80. The van der Waals surface area contributed by atoms with E-state index in [9.17, 15) is 19.5 Å². The molecule has 2 aliphatic rings. The minimum atomic E-state index is -1.28. The van der Waals surface area contributed by atoms with Gasteiger partial charge >= 0.3 is 0 Å². The molecule has 0 aromatic heterocycles. The Morgan fingerprint density at radius 2 is 1.96 bits per heavy atom. The summed E-state index contributed by atoms with van der Waals surface area (Å²) in [6.07, 6.45) is 0. The number of carboxylic acids is 1. The van der Waals surface area contributed by atoms with Crippen molar-refractivity contribution in [2.75, 3.05) is 0 Å². The van der Waals surface area contributed by atoms with Gasteiger partial charge in [-0.1, -0.05) is 30.3 Å². The summed E-state index contributed by atoms with van der Waals surface area (Å²) in [5.74, 6) is -2.16. The molecule has 2 saturated heterocycles. The van der Waals surface area contributed by atoms with Crippen molar-refractivity contribution in [2.24, 2.45) is 5.73 Å². The lowest BCUT2D eigenvalue weighted by atomic mass is 9.95. The van der Waals surface area contributed by atoms with Crippen molar-refractivity contribution in [1.82, 2.24) is 10.2 Å². The fourth-order valence-electron chi connectivity index (χ4n) is 3.18. The minimum Gasteiger partial charge on any atom is -0.548 e. The van der Waals surface area contributed by atoms with Crippen molar-refractivity contribution in [3.05, 3.63) is 35.9 Å². The number of carbonyl (C=O) groups is 3. The van der Waals surface area contributed by atoms with Crippen molar-refractivity contribution in [3.8, 4) is 0 Å². The van der Waals surface area contributed by atoms with Crippen LogP contribution in [0.15, 0.2) is 30.3 Å². The van der Waals surface area contributed by atoms with E-state index in [1.165, 1.54) is 16.7 Å². The number of nitrogens with one attached hydrogen (secondary N) is 1. The van der Waals surface area contributed by atoms with E-state index in [4.69, 9.17) is 5.73 Å². The lowest BCUT2D eigenvalue weighted by Crippen LogP contribution is -2.72. The molecule has 0 spiro atoms. The Labute approximate surface area is 143 Å². The molecule has 2 aliphatic heterocycles. The third-order valence-corrected chi connectivity index (χ3v) is 5.97. The van der Waals surface area contributed by atoms with Gasteiger partial charge in [0, 0.05) is 4.75 Å². The Morgan fingerprint density at radius 1 is 1.33 bits per heavy atom. The highest BCUT2D eigenvalue weighted by atomic mass is 32.2. The third-order valence-electron chi connectivity index (χ3n) is 4.40. The van der Waals surface area contributed by atoms with E-state index in [1.807, 2.05) is 6.07 Å². The Balaban J connectivity index is 1.71. The molecule has 1 aromatic carbocycles. The topological polar surface area (TPSA) is 116 Å². The highest BCUT2D eigenvalue weighted by molar-refractivity contribution is 8.01. The number of carbonyl (C=O) groups excluding carboxylic acids is 3. The molecular formula is C16H18N3O4S-. The Kier molecular flexibility index (Phi) is 4.05. The molecule has 3 rings (SSSR count). The van der Waals surface area contributed by atoms with Crippen molar-refractivity contribution in [2.45, 2.75) is 42.1 Å². The highest BCUT2D eigenvalue weighted by Gasteiger charge is 2.62. The number of β-lactam (4-membered cyclic amide) rings is 1. The maximum Gasteiger partial charge on any atom is 0.249 e. The van der Waals surface area contributed by atoms with Gasteiger partial charge in [0.2, 0.25) is 11.8 Å². The van der Waals surface area contributed by atoms with E-state index in [2.05, 4.69) is 5.32 Å². The normalized spacial score (nSPS) is 28.7. The van der Waals surface area contributed by atoms with Crippen LogP contribution >= 0.6 is 11.8 Å². The van der Waals surface area contributed by atoms with Crippen LogP contribution in [0.3, 0.4) is 0 Å². The second-order valence-electron chi connectivity index (χ2n) is 6.45. The number of amides is 2. The predicted octanol–water partition coefficient (Wildman–Crippen LogP) is -1.02. The first kappa shape index (κ1) is 16.8. The zero-order valence-corrected chi connectivity index (χ0v) is 14.1. The summed E-state index contributed by atoms with van der Waals surface area (Å²) in [5, 5.41) is 13.6. The van der Waals surface area contributed by atoms with Crippen LogP contribution in [0.4, 0.5) is 0 Å². The van der Waals surface area contributed by atoms with E-state index < -0.39 is 46.0 Å². The largest absolute Gasteiger partial charge is 0.548 e. The van der Waals surface area contributed by atoms with Gasteiger partial charge < -0.3 is 25.9 Å². The minimum absolute atomic E-state index is 0.415. The molecule has 3 N–H and O–H groups in total. The van der Waals surface area contributed by atoms with Crippen LogP contribution in [-0.4, -0.2) is 44.9 Å². The SMILES string of the molecule is CC1(C)SC2C(NC(=O)C(N)c3ccccc3)C(=O)N2C1C(=O)[O-]. The second-order valence-corrected chi connectivity index (χ2v) is 8.22. The number of benzene rings is 1. The average molecular weight is 348 g/mol. The number of fused-ring (bicyclic) bond motifs is 1. The summed E-state index contributed by atoms with van der Waals surface area (Å²) in [5.41, 5.74) is 6.57. The van der Waals surface area contributed by atoms with Crippen molar-refractivity contribution in [3.63, 3.8) is 0 Å². The standard InChI is InChI=1S/C16H19N3O4S/c1-16(2)11(15(22)23)19-13(21)10(14(19)24-16)18-12(20)9(17)8-6-4-3-5-7-8/h3-7,9-11,14H,17H2,1-2H3,(H,18,20)(H,22,23)/p-1. The van der Waals surface area contributed by atoms with Gasteiger partial charge in [0.05, 0.1) is 12.0 Å². The summed E-state index contributed by atoms with van der Waals surface area (Å²) in [4.78, 5) is 37.2. The number of nitrogens with two attached hydrogens (primary N) is 1. The summed E-state index contributed by atoms with van der Waals surface area (Å²) in [6.45, 7) is 3.50. The Bertz CT molecular complexity index is 694. The highest BCUT2D eigenvalue weighted by Crippen LogP contribution is 2.50. The van der Waals surface area contributed by atoms with Crippen LogP contribution in [0, 0.1) is 0 Å². The van der Waals surface area contributed by atoms with Crippen LogP contribution in [0.2, 0.25) is 0 Å². The number of aliphatic carboxylic acids is 1. The number of hydrogen-bond donors (Lipinski definition) is 2. The molecular weight excluding hydrogens is 330 g/mol. The predicted molar refractivity (Wildman–Crippen MR) is 86.4 cm³/mol. The number of rotatable bonds is 4. The van der Waals surface area contributed by atoms with Crippen LogP contribution in [0.5, 0.6) is 0 Å². The number of hydrogen-bond acceptors (Lipinski definition) is 6. The van der Waals surface area contributed by atoms with Gasteiger partial charge in [0.1, 0.15) is 17.5 Å². The van der Waals surface area contributed by atoms with Crippen LogP contribution < -0.4 is 16.2 Å². The second kappa shape index (κ2) is 5.78. The molecule has 2 fully saturated rings. The van der Waals surface area contributed by atoms with Gasteiger partial charge in [0.25, 0.3) is 0 Å². The molecule has 7 nitrogen and oxygen atoms in total. The lowest BCUT2D eigenvalue weighted by Gasteiger charge is -2.45. The van der Waals surface area contributed by atoms with Gasteiger partial charge in [-0.05, 0) is 19.4 Å². The molecule has 0 radical (unpaired) electrons. The molecule has 4 unspecified atom stereocenters. The van der Waals surface area contributed by atoms with Gasteiger partial charge in [-0.15, -0.1) is 11.8 Å². The van der Waals surface area contributed by atoms with Gasteiger partial charge in [-0.2, -0.15) is 0 Å². The number of carboxylic acid groups (broad SMARTS) is 1. The molecule has 0 aliphatic carbocycles. The summed E-state index contributed by atoms with van der Waals surface area (Å²) >= 11 is 1.34. The van der Waals surface area contributed by atoms with E-state index in [-0.39, 0.29) is 0 Å². The summed E-state index contributed by atoms with van der Waals surface area (Å²) < 4.78 is -0.680. The van der Waals surface area contributed by atoms with Crippen molar-refractivity contribution in [1.29, 1.82) is 0 Å². The summed E-state index contributed by atoms with van der Waals surface area (Å²) in [7, 11) is 0. The molecule has 4 atom stereocenters. The zero-order chi connectivity index (χ0) is 17.6. The quantitative estimate of drug-likeness (QED) is 0.673. The molecule has 2 heterocycles. The van der Waals surface area contributed by atoms with E-state index in [1.54, 1.807) is 38.1 Å². The van der Waals surface area contributed by atoms with Crippen LogP contribution in [-0.2, 0) is 14.4 Å². The molecule has 1 aromatic rings. The smallest absolute Gasteiger partial charge is 0.249 e. The molecule has 128 valence electrons. The van der Waals surface area contributed by atoms with E-state index >= 15 is 0 Å². The molecule has 8 heteroatoms. The van der Waals surface area contributed by atoms with Crippen LogP contribution in [0.1, 0.15) is 25.5 Å². The first-order valence-corrected chi connectivity index (χ1v) is 8.44. The Hall–Kier alpha value is -2.06. The molecule has 2 amide bonds. The van der Waals surface area contributed by atoms with Crippen LogP contribution in [0.25, 0.3) is 0 Å². The zero-order valence-electron chi connectivity index (χ0n) is 13.3. The summed E-state index contributed by atoms with van der Waals surface area (Å²) in [6, 6.07) is 6.19. The third kappa shape index (κ3) is 2.55. The first-order valence-electron chi connectivity index (χ1n) is 7.56. The van der Waals surface area contributed by atoms with E-state index in [0.29, 0.717) is 5.56 Å². The van der Waals surface area contributed by atoms with Gasteiger partial charge in [-0.3, -0.25) is 9.59 Å². The van der Waals surface area contributed by atoms with Crippen molar-refractivity contribution >= 4 is 29.5 Å². The maximum atomic E-state index is 12.3. The first-order chi connectivity index (χ1) is 11.2. The van der Waals surface area contributed by atoms with E-state index in [0.717, 1.165) is 0 Å². The monoisotopic (exact) mass is 348 g/mol. The number of nitrogens with zero attached hydrogens (tertiary/aromatic N) is 1.